The highest BCUT2D eigenvalue weighted by Gasteiger charge is 2.21. The maximum Gasteiger partial charge on any atom is 0.0897 e. The van der Waals surface area contributed by atoms with Crippen molar-refractivity contribution >= 4 is 0 Å². The highest BCUT2D eigenvalue weighted by Crippen LogP contribution is 2.32. The number of hydrogen-bond acceptors (Lipinski definition) is 4. The van der Waals surface area contributed by atoms with Crippen molar-refractivity contribution in [3.8, 4) is 0 Å². The average molecular weight is 279 g/mol. The number of hydrogen-bond donors (Lipinski definition) is 2. The molecule has 112 valence electrons. The summed E-state index contributed by atoms with van der Waals surface area (Å²) >= 11 is 0. The minimum absolute atomic E-state index is 0.133. The standard InChI is InChI=1S/C16H25NO3/c1-19-10-9-17-11-14(18)12-20-16-8-4-6-13-5-2-3-7-15(13)16/h2-3,5,7,14,16-18H,4,6,8-12H2,1H3/t14-,16-/m0/s1. The first kappa shape index (κ1) is 15.4. The topological polar surface area (TPSA) is 50.7 Å². The van der Waals surface area contributed by atoms with Gasteiger partial charge in [-0.25, -0.2) is 0 Å². The molecule has 0 spiro atoms. The van der Waals surface area contributed by atoms with Crippen molar-refractivity contribution in [1.29, 1.82) is 0 Å². The van der Waals surface area contributed by atoms with Crippen molar-refractivity contribution in [2.75, 3.05) is 33.4 Å². The Bertz CT molecular complexity index is 397. The molecule has 0 aromatic heterocycles. The van der Waals surface area contributed by atoms with Crippen LogP contribution in [-0.2, 0) is 15.9 Å². The summed E-state index contributed by atoms with van der Waals surface area (Å²) in [6.45, 7) is 2.32. The van der Waals surface area contributed by atoms with Gasteiger partial charge in [0.1, 0.15) is 0 Å². The summed E-state index contributed by atoms with van der Waals surface area (Å²) in [5.41, 5.74) is 2.68. The number of fused-ring (bicyclic) bond motifs is 1. The number of nitrogens with one attached hydrogen (secondary N) is 1. The molecular weight excluding hydrogens is 254 g/mol. The number of rotatable bonds is 8. The lowest BCUT2D eigenvalue weighted by molar-refractivity contribution is -0.0169. The van der Waals surface area contributed by atoms with E-state index in [2.05, 4.69) is 29.6 Å². The molecule has 0 unspecified atom stereocenters. The van der Waals surface area contributed by atoms with Crippen LogP contribution in [0.1, 0.15) is 30.1 Å². The van der Waals surface area contributed by atoms with Crippen LogP contribution in [0.5, 0.6) is 0 Å². The molecule has 0 fully saturated rings. The van der Waals surface area contributed by atoms with Crippen LogP contribution < -0.4 is 5.32 Å². The van der Waals surface area contributed by atoms with Crippen LogP contribution in [-0.4, -0.2) is 44.6 Å². The van der Waals surface area contributed by atoms with Crippen molar-refractivity contribution in [3.63, 3.8) is 0 Å². The molecule has 0 aliphatic heterocycles. The van der Waals surface area contributed by atoms with Crippen LogP contribution in [0.3, 0.4) is 0 Å². The van der Waals surface area contributed by atoms with Crippen LogP contribution in [0.4, 0.5) is 0 Å². The second-order valence-corrected chi connectivity index (χ2v) is 5.26. The molecule has 2 rings (SSSR count). The smallest absolute Gasteiger partial charge is 0.0897 e. The van der Waals surface area contributed by atoms with E-state index in [1.807, 2.05) is 0 Å². The summed E-state index contributed by atoms with van der Waals surface area (Å²) in [6, 6.07) is 8.45. The molecule has 0 heterocycles. The van der Waals surface area contributed by atoms with Gasteiger partial charge < -0.3 is 19.9 Å². The quantitative estimate of drug-likeness (QED) is 0.711. The Kier molecular flexibility index (Phi) is 6.47. The fraction of sp³-hybridized carbons (Fsp3) is 0.625. The SMILES string of the molecule is COCCNC[C@H](O)CO[C@H]1CCCc2ccccc21. The first-order valence-corrected chi connectivity index (χ1v) is 7.38. The maximum atomic E-state index is 9.90. The molecular formula is C16H25NO3. The maximum absolute atomic E-state index is 9.90. The van der Waals surface area contributed by atoms with Gasteiger partial charge in [-0.1, -0.05) is 24.3 Å². The molecule has 2 atom stereocenters. The fourth-order valence-electron chi connectivity index (χ4n) is 2.61. The summed E-state index contributed by atoms with van der Waals surface area (Å²) in [6.07, 6.45) is 3.00. The first-order chi connectivity index (χ1) is 9.81. The van der Waals surface area contributed by atoms with Gasteiger partial charge in [0.05, 0.1) is 25.4 Å². The van der Waals surface area contributed by atoms with E-state index in [9.17, 15) is 5.11 Å². The first-order valence-electron chi connectivity index (χ1n) is 7.38. The van der Waals surface area contributed by atoms with E-state index in [0.29, 0.717) is 19.8 Å². The summed E-state index contributed by atoms with van der Waals surface area (Å²) in [7, 11) is 1.67. The number of aryl methyl sites for hydroxylation is 1. The van der Waals surface area contributed by atoms with Crippen LogP contribution >= 0.6 is 0 Å². The molecule has 20 heavy (non-hydrogen) atoms. The van der Waals surface area contributed by atoms with Crippen LogP contribution in [0, 0.1) is 0 Å². The molecule has 1 aromatic rings. The van der Waals surface area contributed by atoms with Crippen molar-refractivity contribution in [2.24, 2.45) is 0 Å². The largest absolute Gasteiger partial charge is 0.389 e. The van der Waals surface area contributed by atoms with E-state index in [1.54, 1.807) is 7.11 Å². The van der Waals surface area contributed by atoms with Crippen molar-refractivity contribution < 1.29 is 14.6 Å². The van der Waals surface area contributed by atoms with E-state index >= 15 is 0 Å². The van der Waals surface area contributed by atoms with Crippen molar-refractivity contribution in [1.82, 2.24) is 5.32 Å². The Morgan fingerprint density at radius 2 is 2.25 bits per heavy atom. The number of methoxy groups -OCH3 is 1. The molecule has 4 nitrogen and oxygen atoms in total. The van der Waals surface area contributed by atoms with Gasteiger partial charge in [0.15, 0.2) is 0 Å². The summed E-state index contributed by atoms with van der Waals surface area (Å²) in [5.74, 6) is 0. The Labute approximate surface area is 121 Å². The van der Waals surface area contributed by atoms with E-state index < -0.39 is 6.10 Å². The van der Waals surface area contributed by atoms with E-state index in [-0.39, 0.29) is 6.10 Å². The molecule has 0 saturated heterocycles. The van der Waals surface area contributed by atoms with Crippen LogP contribution in [0.25, 0.3) is 0 Å². The fourth-order valence-corrected chi connectivity index (χ4v) is 2.61. The van der Waals surface area contributed by atoms with Crippen molar-refractivity contribution in [2.45, 2.75) is 31.5 Å². The lowest BCUT2D eigenvalue weighted by atomic mass is 9.89. The lowest BCUT2D eigenvalue weighted by Crippen LogP contribution is -2.33. The van der Waals surface area contributed by atoms with Gasteiger partial charge in [-0.2, -0.15) is 0 Å². The minimum atomic E-state index is -0.471. The Hall–Kier alpha value is -0.940. The lowest BCUT2D eigenvalue weighted by Gasteiger charge is -2.26. The Morgan fingerprint density at radius 1 is 1.40 bits per heavy atom. The average Bonchev–Trinajstić information content (AvgIpc) is 2.49. The second-order valence-electron chi connectivity index (χ2n) is 5.26. The van der Waals surface area contributed by atoms with E-state index in [1.165, 1.54) is 11.1 Å². The third-order valence-electron chi connectivity index (χ3n) is 3.67. The van der Waals surface area contributed by atoms with Gasteiger partial charge in [-0.05, 0) is 30.4 Å². The summed E-state index contributed by atoms with van der Waals surface area (Å²) in [5, 5.41) is 13.0. The van der Waals surface area contributed by atoms with Crippen molar-refractivity contribution in [3.05, 3.63) is 35.4 Å². The normalized spacial score (nSPS) is 19.6. The molecule has 2 N–H and O–H groups in total. The van der Waals surface area contributed by atoms with E-state index in [0.717, 1.165) is 25.8 Å². The van der Waals surface area contributed by atoms with Gasteiger partial charge in [-0.15, -0.1) is 0 Å². The molecule has 0 radical (unpaired) electrons. The third kappa shape index (κ3) is 4.56. The zero-order valence-electron chi connectivity index (χ0n) is 12.2. The Morgan fingerprint density at radius 3 is 3.10 bits per heavy atom. The highest BCUT2D eigenvalue weighted by atomic mass is 16.5. The van der Waals surface area contributed by atoms with Gasteiger partial charge in [-0.3, -0.25) is 0 Å². The molecule has 1 aliphatic carbocycles. The van der Waals surface area contributed by atoms with Gasteiger partial charge in [0, 0.05) is 20.2 Å². The number of ether oxygens (including phenoxy) is 2. The molecule has 4 heteroatoms. The zero-order chi connectivity index (χ0) is 14.2. The van der Waals surface area contributed by atoms with Gasteiger partial charge in [0.25, 0.3) is 0 Å². The number of aliphatic hydroxyl groups excluding tert-OH is 1. The molecule has 0 bridgehead atoms. The van der Waals surface area contributed by atoms with E-state index in [4.69, 9.17) is 9.47 Å². The monoisotopic (exact) mass is 279 g/mol. The van der Waals surface area contributed by atoms with Gasteiger partial charge in [0.2, 0.25) is 0 Å². The molecule has 0 amide bonds. The Balaban J connectivity index is 1.74. The summed E-state index contributed by atoms with van der Waals surface area (Å²) < 4.78 is 10.8. The molecule has 1 aromatic carbocycles. The zero-order valence-corrected chi connectivity index (χ0v) is 12.2. The molecule has 1 aliphatic rings. The third-order valence-corrected chi connectivity index (χ3v) is 3.67. The predicted molar refractivity (Wildman–Crippen MR) is 78.8 cm³/mol. The van der Waals surface area contributed by atoms with Crippen LogP contribution in [0.2, 0.25) is 0 Å². The highest BCUT2D eigenvalue weighted by molar-refractivity contribution is 5.31. The number of benzene rings is 1. The summed E-state index contributed by atoms with van der Waals surface area (Å²) in [4.78, 5) is 0. The number of aliphatic hydroxyl groups is 1. The van der Waals surface area contributed by atoms with Crippen LogP contribution in [0.15, 0.2) is 24.3 Å². The second kappa shape index (κ2) is 8.37. The van der Waals surface area contributed by atoms with Gasteiger partial charge >= 0.3 is 0 Å². The predicted octanol–water partition coefficient (Wildman–Crippen LogP) is 1.68. The minimum Gasteiger partial charge on any atom is -0.389 e. The molecule has 0 saturated carbocycles.